The van der Waals surface area contributed by atoms with E-state index in [1.165, 1.54) is 4.88 Å². The maximum atomic E-state index is 12.4. The molecule has 21 heavy (non-hydrogen) atoms. The van der Waals surface area contributed by atoms with E-state index in [0.29, 0.717) is 0 Å². The van der Waals surface area contributed by atoms with Gasteiger partial charge in [0.25, 0.3) is 5.91 Å². The van der Waals surface area contributed by atoms with E-state index >= 15 is 0 Å². The maximum Gasteiger partial charge on any atom is 0.265 e. The number of fused-ring (bicyclic) bond motifs is 1. The van der Waals surface area contributed by atoms with Crippen LogP contribution >= 0.6 is 27.3 Å². The molecule has 0 aliphatic carbocycles. The Hall–Kier alpha value is -1.65. The Morgan fingerprint density at radius 2 is 1.86 bits per heavy atom. The van der Waals surface area contributed by atoms with E-state index in [9.17, 15) is 4.79 Å². The number of nitrogens with one attached hydrogen (secondary N) is 1. The molecule has 0 saturated carbocycles. The second-order valence-corrected chi connectivity index (χ2v) is 6.74. The van der Waals surface area contributed by atoms with E-state index in [0.717, 1.165) is 32.2 Å². The van der Waals surface area contributed by atoms with E-state index in [2.05, 4.69) is 28.2 Å². The number of anilines is 1. The number of carbonyl (C=O) groups is 1. The monoisotopic (exact) mass is 359 g/mol. The first kappa shape index (κ1) is 14.3. The summed E-state index contributed by atoms with van der Waals surface area (Å²) >= 11 is 5.09. The third-order valence-electron chi connectivity index (χ3n) is 3.35. The maximum absolute atomic E-state index is 12.4. The molecule has 1 heterocycles. The fraction of sp³-hybridized carbons (Fsp3) is 0.118. The molecular formula is C17H14BrNOS. The molecule has 2 nitrogen and oxygen atoms in total. The zero-order valence-electron chi connectivity index (χ0n) is 11.5. The van der Waals surface area contributed by atoms with Crippen LogP contribution in [0.4, 0.5) is 5.69 Å². The van der Waals surface area contributed by atoms with Crippen molar-refractivity contribution in [3.05, 3.63) is 62.8 Å². The predicted molar refractivity (Wildman–Crippen MR) is 93.3 cm³/mol. The van der Waals surface area contributed by atoms with Crippen molar-refractivity contribution in [1.29, 1.82) is 0 Å². The Morgan fingerprint density at radius 3 is 2.57 bits per heavy atom. The number of amides is 1. The summed E-state index contributed by atoms with van der Waals surface area (Å²) in [6.45, 7) is 2.09. The van der Waals surface area contributed by atoms with E-state index in [-0.39, 0.29) is 5.91 Å². The quantitative estimate of drug-likeness (QED) is 0.659. The summed E-state index contributed by atoms with van der Waals surface area (Å²) in [7, 11) is 0. The van der Waals surface area contributed by atoms with Crippen LogP contribution < -0.4 is 5.32 Å². The lowest BCUT2D eigenvalue weighted by Gasteiger charge is -2.09. The molecule has 0 aliphatic heterocycles. The highest BCUT2D eigenvalue weighted by atomic mass is 79.9. The highest BCUT2D eigenvalue weighted by molar-refractivity contribution is 9.10. The molecule has 0 aliphatic rings. The van der Waals surface area contributed by atoms with Gasteiger partial charge in [-0.25, -0.2) is 0 Å². The van der Waals surface area contributed by atoms with E-state index in [1.54, 1.807) is 11.3 Å². The fourth-order valence-corrected chi connectivity index (χ4v) is 3.57. The molecule has 4 heteroatoms. The number of carbonyl (C=O) groups excluding carboxylic acids is 1. The molecule has 0 atom stereocenters. The number of hydrogen-bond donors (Lipinski definition) is 1. The zero-order valence-corrected chi connectivity index (χ0v) is 13.9. The average Bonchev–Trinajstić information content (AvgIpc) is 2.99. The van der Waals surface area contributed by atoms with Crippen LogP contribution in [0.2, 0.25) is 0 Å². The van der Waals surface area contributed by atoms with Crippen molar-refractivity contribution in [3.8, 4) is 0 Å². The van der Waals surface area contributed by atoms with Crippen molar-refractivity contribution in [3.63, 3.8) is 0 Å². The van der Waals surface area contributed by atoms with Gasteiger partial charge < -0.3 is 5.32 Å². The second kappa shape index (κ2) is 6.00. The number of rotatable bonds is 3. The van der Waals surface area contributed by atoms with Crippen LogP contribution in [0.1, 0.15) is 21.5 Å². The average molecular weight is 360 g/mol. The van der Waals surface area contributed by atoms with Gasteiger partial charge in [-0.1, -0.05) is 47.1 Å². The Kier molecular flexibility index (Phi) is 4.08. The lowest BCUT2D eigenvalue weighted by atomic mass is 10.1. The van der Waals surface area contributed by atoms with E-state index < -0.39 is 0 Å². The molecule has 0 unspecified atom stereocenters. The van der Waals surface area contributed by atoms with Crippen LogP contribution in [0.3, 0.4) is 0 Å². The van der Waals surface area contributed by atoms with Crippen molar-refractivity contribution in [2.45, 2.75) is 13.3 Å². The molecule has 0 bridgehead atoms. The predicted octanol–water partition coefficient (Wildman–Crippen LogP) is 5.48. The molecule has 0 spiro atoms. The number of thiophene rings is 1. The first-order valence-corrected chi connectivity index (χ1v) is 8.37. The topological polar surface area (TPSA) is 29.1 Å². The summed E-state index contributed by atoms with van der Waals surface area (Å²) < 4.78 is 1.03. The molecule has 106 valence electrons. The SMILES string of the molecule is CCc1ccc(C(=O)Nc2ccc(Br)c3ccccc23)s1. The number of aryl methyl sites for hydroxylation is 1. The van der Waals surface area contributed by atoms with Gasteiger partial charge in [-0.2, -0.15) is 0 Å². The van der Waals surface area contributed by atoms with Crippen LogP contribution in [-0.2, 0) is 6.42 Å². The van der Waals surface area contributed by atoms with Crippen LogP contribution in [0.5, 0.6) is 0 Å². The minimum Gasteiger partial charge on any atom is -0.321 e. The minimum atomic E-state index is -0.0489. The van der Waals surface area contributed by atoms with Crippen molar-refractivity contribution in [1.82, 2.24) is 0 Å². The van der Waals surface area contributed by atoms with Crippen LogP contribution in [0, 0.1) is 0 Å². The van der Waals surface area contributed by atoms with E-state index in [4.69, 9.17) is 0 Å². The molecule has 0 fully saturated rings. The minimum absolute atomic E-state index is 0.0489. The molecule has 1 aromatic heterocycles. The smallest absolute Gasteiger partial charge is 0.265 e. The van der Waals surface area contributed by atoms with Gasteiger partial charge in [0.05, 0.1) is 4.88 Å². The summed E-state index contributed by atoms with van der Waals surface area (Å²) in [5, 5.41) is 5.14. The normalized spacial score (nSPS) is 10.8. The van der Waals surface area contributed by atoms with Crippen molar-refractivity contribution < 1.29 is 4.79 Å². The van der Waals surface area contributed by atoms with Gasteiger partial charge >= 0.3 is 0 Å². The number of halogens is 1. The van der Waals surface area contributed by atoms with E-state index in [1.807, 2.05) is 48.5 Å². The molecule has 3 rings (SSSR count). The van der Waals surface area contributed by atoms with Gasteiger partial charge in [0, 0.05) is 20.4 Å². The molecule has 0 saturated heterocycles. The Balaban J connectivity index is 1.95. The molecule has 2 aromatic carbocycles. The van der Waals surface area contributed by atoms with Crippen LogP contribution in [0.25, 0.3) is 10.8 Å². The largest absolute Gasteiger partial charge is 0.321 e. The second-order valence-electron chi connectivity index (χ2n) is 4.71. The van der Waals surface area contributed by atoms with Crippen molar-refractivity contribution in [2.24, 2.45) is 0 Å². The summed E-state index contributed by atoms with van der Waals surface area (Å²) in [5.41, 5.74) is 0.838. The summed E-state index contributed by atoms with van der Waals surface area (Å²) in [6.07, 6.45) is 0.958. The summed E-state index contributed by atoms with van der Waals surface area (Å²) in [4.78, 5) is 14.3. The Bertz CT molecular complexity index is 809. The first-order valence-electron chi connectivity index (χ1n) is 6.76. The third kappa shape index (κ3) is 2.87. The van der Waals surface area contributed by atoms with Gasteiger partial charge in [-0.15, -0.1) is 11.3 Å². The summed E-state index contributed by atoms with van der Waals surface area (Å²) in [5.74, 6) is -0.0489. The lowest BCUT2D eigenvalue weighted by Crippen LogP contribution is -2.10. The lowest BCUT2D eigenvalue weighted by molar-refractivity contribution is 0.103. The standard InChI is InChI=1S/C17H14BrNOS/c1-2-11-7-10-16(21-11)17(20)19-15-9-8-14(18)12-5-3-4-6-13(12)15/h3-10H,2H2,1H3,(H,19,20). The molecule has 0 radical (unpaired) electrons. The van der Waals surface area contributed by atoms with Gasteiger partial charge in [0.2, 0.25) is 0 Å². The highest BCUT2D eigenvalue weighted by Gasteiger charge is 2.11. The molecule has 1 amide bonds. The number of benzene rings is 2. The Labute approximate surface area is 135 Å². The van der Waals surface area contributed by atoms with Crippen molar-refractivity contribution >= 4 is 49.6 Å². The fourth-order valence-electron chi connectivity index (χ4n) is 2.25. The van der Waals surface area contributed by atoms with Crippen LogP contribution in [-0.4, -0.2) is 5.91 Å². The van der Waals surface area contributed by atoms with Crippen LogP contribution in [0.15, 0.2) is 53.0 Å². The summed E-state index contributed by atoms with van der Waals surface area (Å²) in [6, 6.07) is 15.8. The molecule has 1 N–H and O–H groups in total. The zero-order chi connectivity index (χ0) is 14.8. The van der Waals surface area contributed by atoms with Gasteiger partial charge in [0.1, 0.15) is 0 Å². The van der Waals surface area contributed by atoms with Gasteiger partial charge in [-0.05, 0) is 36.1 Å². The molecule has 3 aromatic rings. The van der Waals surface area contributed by atoms with Gasteiger partial charge in [0.15, 0.2) is 0 Å². The third-order valence-corrected chi connectivity index (χ3v) is 5.27. The molecular weight excluding hydrogens is 346 g/mol. The van der Waals surface area contributed by atoms with Gasteiger partial charge in [-0.3, -0.25) is 4.79 Å². The highest BCUT2D eigenvalue weighted by Crippen LogP contribution is 2.30. The number of hydrogen-bond acceptors (Lipinski definition) is 2. The van der Waals surface area contributed by atoms with Crippen molar-refractivity contribution in [2.75, 3.05) is 5.32 Å². The first-order chi connectivity index (χ1) is 10.2. The Morgan fingerprint density at radius 1 is 1.10 bits per heavy atom.